The molecule has 31 heavy (non-hydrogen) atoms. The fourth-order valence-corrected chi connectivity index (χ4v) is 3.94. The average molecular weight is 441 g/mol. The maximum Gasteiger partial charge on any atom is 0.281 e. The van der Waals surface area contributed by atoms with E-state index in [1.54, 1.807) is 51.5 Å². The summed E-state index contributed by atoms with van der Waals surface area (Å²) in [5, 5.41) is 0.644. The number of hydrogen-bond donors (Lipinski definition) is 2. The summed E-state index contributed by atoms with van der Waals surface area (Å²) in [6.07, 6.45) is 0. The number of hydrazine groups is 1. The molecule has 10 heteroatoms. The first kappa shape index (κ1) is 20.5. The van der Waals surface area contributed by atoms with Crippen LogP contribution in [0.15, 0.2) is 36.4 Å². The molecule has 2 amide bonds. The van der Waals surface area contributed by atoms with Crippen molar-refractivity contribution in [1.29, 1.82) is 0 Å². The Kier molecular flexibility index (Phi) is 5.63. The van der Waals surface area contributed by atoms with Crippen molar-refractivity contribution < 1.29 is 28.5 Å². The molecule has 0 bridgehead atoms. The number of hydrogen-bond acceptors (Lipinski definition) is 8. The summed E-state index contributed by atoms with van der Waals surface area (Å²) in [4.78, 5) is 29.8. The first-order chi connectivity index (χ1) is 15.0. The largest absolute Gasteiger partial charge is 0.493 e. The number of ether oxygens (including phenoxy) is 4. The van der Waals surface area contributed by atoms with Crippen LogP contribution in [-0.4, -0.2) is 37.8 Å². The molecule has 2 N–H and O–H groups in total. The minimum Gasteiger partial charge on any atom is -0.493 e. The number of aryl methyl sites for hydroxylation is 1. The molecule has 1 aliphatic heterocycles. The fourth-order valence-electron chi connectivity index (χ4n) is 2.98. The lowest BCUT2D eigenvalue weighted by Crippen LogP contribution is -2.41. The van der Waals surface area contributed by atoms with Crippen molar-refractivity contribution in [2.75, 3.05) is 21.0 Å². The van der Waals surface area contributed by atoms with Gasteiger partial charge in [-0.2, -0.15) is 0 Å². The van der Waals surface area contributed by atoms with Crippen LogP contribution in [0.2, 0.25) is 0 Å². The van der Waals surface area contributed by atoms with Crippen LogP contribution in [0.3, 0.4) is 0 Å². The summed E-state index contributed by atoms with van der Waals surface area (Å²) < 4.78 is 21.1. The standard InChI is InChI=1S/C21H19N3O6S/c1-11-18(31-21(22-11)13-5-6-14(27-2)16(9-13)28-3)20(26)24-23-19(25)12-4-7-15-17(8-12)30-10-29-15/h4-9H,10H2,1-3H3,(H,23,25)(H,24,26). The highest BCUT2D eigenvalue weighted by Gasteiger charge is 2.20. The number of carbonyl (C=O) groups is 2. The van der Waals surface area contributed by atoms with Gasteiger partial charge in [-0.15, -0.1) is 11.3 Å². The number of carbonyl (C=O) groups excluding carboxylic acids is 2. The number of nitrogens with zero attached hydrogens (tertiary/aromatic N) is 1. The molecule has 1 aromatic heterocycles. The molecule has 2 heterocycles. The van der Waals surface area contributed by atoms with Gasteiger partial charge in [-0.1, -0.05) is 0 Å². The molecule has 0 fully saturated rings. The van der Waals surface area contributed by atoms with Gasteiger partial charge in [-0.3, -0.25) is 20.4 Å². The number of rotatable bonds is 5. The molecule has 0 spiro atoms. The van der Waals surface area contributed by atoms with Crippen molar-refractivity contribution in [3.8, 4) is 33.6 Å². The Hall–Kier alpha value is -3.79. The number of aromatic nitrogens is 1. The minimum absolute atomic E-state index is 0.115. The summed E-state index contributed by atoms with van der Waals surface area (Å²) in [7, 11) is 3.11. The highest BCUT2D eigenvalue weighted by Crippen LogP contribution is 2.35. The summed E-state index contributed by atoms with van der Waals surface area (Å²) >= 11 is 1.21. The van der Waals surface area contributed by atoms with Gasteiger partial charge in [0.1, 0.15) is 9.88 Å². The molecule has 3 aromatic rings. The van der Waals surface area contributed by atoms with Crippen LogP contribution in [0, 0.1) is 6.92 Å². The van der Waals surface area contributed by atoms with E-state index in [-0.39, 0.29) is 6.79 Å². The third-order valence-electron chi connectivity index (χ3n) is 4.56. The topological polar surface area (TPSA) is 108 Å². The maximum absolute atomic E-state index is 12.6. The molecule has 9 nitrogen and oxygen atoms in total. The maximum atomic E-state index is 12.6. The van der Waals surface area contributed by atoms with E-state index in [4.69, 9.17) is 18.9 Å². The van der Waals surface area contributed by atoms with Crippen molar-refractivity contribution in [2.24, 2.45) is 0 Å². The normalized spacial score (nSPS) is 11.7. The van der Waals surface area contributed by atoms with Crippen LogP contribution in [0.5, 0.6) is 23.0 Å². The van der Waals surface area contributed by atoms with Gasteiger partial charge >= 0.3 is 0 Å². The van der Waals surface area contributed by atoms with Crippen molar-refractivity contribution >= 4 is 23.2 Å². The van der Waals surface area contributed by atoms with Gasteiger partial charge in [-0.05, 0) is 43.3 Å². The molecule has 2 aromatic carbocycles. The highest BCUT2D eigenvalue weighted by atomic mass is 32.1. The van der Waals surface area contributed by atoms with E-state index in [2.05, 4.69) is 15.8 Å². The van der Waals surface area contributed by atoms with Crippen molar-refractivity contribution in [3.63, 3.8) is 0 Å². The number of fused-ring (bicyclic) bond motifs is 1. The van der Waals surface area contributed by atoms with E-state index in [9.17, 15) is 9.59 Å². The average Bonchev–Trinajstić information content (AvgIpc) is 3.42. The number of methoxy groups -OCH3 is 2. The molecule has 1 aliphatic rings. The first-order valence-corrected chi connectivity index (χ1v) is 10.0. The molecule has 160 valence electrons. The zero-order valence-electron chi connectivity index (χ0n) is 17.0. The van der Waals surface area contributed by atoms with Crippen molar-refractivity contribution in [3.05, 3.63) is 52.5 Å². The van der Waals surface area contributed by atoms with Gasteiger partial charge in [0.25, 0.3) is 11.8 Å². The quantitative estimate of drug-likeness (QED) is 0.586. The number of amides is 2. The lowest BCUT2D eigenvalue weighted by molar-refractivity contribution is 0.0848. The van der Waals surface area contributed by atoms with E-state index in [0.717, 1.165) is 5.56 Å². The molecule has 0 saturated heterocycles. The van der Waals surface area contributed by atoms with Gasteiger partial charge < -0.3 is 18.9 Å². The van der Waals surface area contributed by atoms with Crippen LogP contribution in [0.1, 0.15) is 25.7 Å². The molecule has 0 radical (unpaired) electrons. The molecule has 4 rings (SSSR count). The molecule has 0 atom stereocenters. The first-order valence-electron chi connectivity index (χ1n) is 9.20. The van der Waals surface area contributed by atoms with Crippen LogP contribution in [0.4, 0.5) is 0 Å². The van der Waals surface area contributed by atoms with E-state index < -0.39 is 11.8 Å². The molecule has 0 unspecified atom stereocenters. The van der Waals surface area contributed by atoms with E-state index in [1.165, 1.54) is 11.3 Å². The van der Waals surface area contributed by atoms with Gasteiger partial charge in [0.15, 0.2) is 23.0 Å². The van der Waals surface area contributed by atoms with Crippen LogP contribution in [-0.2, 0) is 0 Å². The van der Waals surface area contributed by atoms with Gasteiger partial charge in [0.2, 0.25) is 6.79 Å². The molecule has 0 saturated carbocycles. The Balaban J connectivity index is 1.46. The van der Waals surface area contributed by atoms with E-state index >= 15 is 0 Å². The van der Waals surface area contributed by atoms with Crippen LogP contribution >= 0.6 is 11.3 Å². The summed E-state index contributed by atoms with van der Waals surface area (Å²) in [6, 6.07) is 10.2. The van der Waals surface area contributed by atoms with Gasteiger partial charge in [0.05, 0.1) is 19.9 Å². The fraction of sp³-hybridized carbons (Fsp3) is 0.190. The summed E-state index contributed by atoms with van der Waals surface area (Å²) in [5.41, 5.74) is 6.49. The Morgan fingerprint density at radius 1 is 0.968 bits per heavy atom. The molecular weight excluding hydrogens is 422 g/mol. The van der Waals surface area contributed by atoms with Gasteiger partial charge in [0, 0.05) is 11.1 Å². The number of benzene rings is 2. The molecule has 0 aliphatic carbocycles. The SMILES string of the molecule is COc1ccc(-c2nc(C)c(C(=O)NNC(=O)c3ccc4c(c3)OCO4)s2)cc1OC. The lowest BCUT2D eigenvalue weighted by atomic mass is 10.2. The van der Waals surface area contributed by atoms with E-state index in [0.29, 0.717) is 44.1 Å². The zero-order valence-corrected chi connectivity index (χ0v) is 17.8. The van der Waals surface area contributed by atoms with Crippen LogP contribution in [0.25, 0.3) is 10.6 Å². The molecular formula is C21H19N3O6S. The predicted octanol–water partition coefficient (Wildman–Crippen LogP) is 2.94. The Morgan fingerprint density at radius 3 is 2.48 bits per heavy atom. The minimum atomic E-state index is -0.478. The van der Waals surface area contributed by atoms with Crippen molar-refractivity contribution in [1.82, 2.24) is 15.8 Å². The summed E-state index contributed by atoms with van der Waals surface area (Å²) in [5.74, 6) is 1.28. The van der Waals surface area contributed by atoms with Gasteiger partial charge in [-0.25, -0.2) is 4.98 Å². The lowest BCUT2D eigenvalue weighted by Gasteiger charge is -2.08. The van der Waals surface area contributed by atoms with E-state index in [1.807, 2.05) is 6.07 Å². The Bertz CT molecular complexity index is 1160. The van der Waals surface area contributed by atoms with Crippen LogP contribution < -0.4 is 29.8 Å². The monoisotopic (exact) mass is 441 g/mol. The third kappa shape index (κ3) is 4.10. The second-order valence-electron chi connectivity index (χ2n) is 6.48. The predicted molar refractivity (Wildman–Crippen MR) is 113 cm³/mol. The smallest absolute Gasteiger partial charge is 0.281 e. The number of thiazole rings is 1. The van der Waals surface area contributed by atoms with Crippen molar-refractivity contribution in [2.45, 2.75) is 6.92 Å². The second-order valence-corrected chi connectivity index (χ2v) is 7.48. The zero-order chi connectivity index (χ0) is 22.0. The second kappa shape index (κ2) is 8.52. The third-order valence-corrected chi connectivity index (χ3v) is 5.76. The summed E-state index contributed by atoms with van der Waals surface area (Å²) in [6.45, 7) is 1.85. The Labute approximate surface area is 181 Å². The number of nitrogens with one attached hydrogen (secondary N) is 2. The highest BCUT2D eigenvalue weighted by molar-refractivity contribution is 7.17. The Morgan fingerprint density at radius 2 is 1.71 bits per heavy atom.